The van der Waals surface area contributed by atoms with Crippen molar-refractivity contribution in [1.29, 1.82) is 0 Å². The first-order valence-corrected chi connectivity index (χ1v) is 8.01. The molecule has 0 radical (unpaired) electrons. The van der Waals surface area contributed by atoms with E-state index in [1.54, 1.807) is 0 Å². The third-order valence-corrected chi connectivity index (χ3v) is 3.84. The van der Waals surface area contributed by atoms with Crippen molar-refractivity contribution in [2.75, 3.05) is 12.4 Å². The van der Waals surface area contributed by atoms with Crippen LogP contribution in [-0.2, 0) is 0 Å². The zero-order chi connectivity index (χ0) is 19.6. The monoisotopic (exact) mass is 389 g/mol. The molecule has 0 aliphatic carbocycles. The number of methoxy groups -OCH3 is 1. The van der Waals surface area contributed by atoms with Crippen LogP contribution in [0.15, 0.2) is 53.3 Å². The quantitative estimate of drug-likeness (QED) is 0.669. The predicted molar refractivity (Wildman–Crippen MR) is 97.4 cm³/mol. The molecule has 0 fully saturated rings. The maximum atomic E-state index is 13.1. The molecule has 0 spiro atoms. The van der Waals surface area contributed by atoms with E-state index in [4.69, 9.17) is 16.3 Å². The van der Waals surface area contributed by atoms with Gasteiger partial charge in [0.25, 0.3) is 11.5 Å². The van der Waals surface area contributed by atoms with Gasteiger partial charge in [-0.1, -0.05) is 11.6 Å². The number of anilines is 1. The molecule has 9 heteroatoms. The zero-order valence-electron chi connectivity index (χ0n) is 13.9. The van der Waals surface area contributed by atoms with E-state index < -0.39 is 17.3 Å². The van der Waals surface area contributed by atoms with Crippen molar-refractivity contribution in [3.63, 3.8) is 0 Å². The Morgan fingerprint density at radius 3 is 2.59 bits per heavy atom. The van der Waals surface area contributed by atoms with Crippen molar-refractivity contribution in [2.45, 2.75) is 0 Å². The van der Waals surface area contributed by atoms with E-state index >= 15 is 0 Å². The van der Waals surface area contributed by atoms with E-state index in [9.17, 15) is 19.1 Å². The Balaban J connectivity index is 2.04. The van der Waals surface area contributed by atoms with Crippen LogP contribution in [-0.4, -0.2) is 27.9 Å². The maximum Gasteiger partial charge on any atom is 0.280 e. The van der Waals surface area contributed by atoms with Gasteiger partial charge in [0.2, 0.25) is 0 Å². The van der Waals surface area contributed by atoms with Gasteiger partial charge in [0.15, 0.2) is 11.4 Å². The van der Waals surface area contributed by atoms with Crippen LogP contribution in [0.2, 0.25) is 5.02 Å². The molecular weight excluding hydrogens is 377 g/mol. The molecule has 2 N–H and O–H groups in total. The number of nitrogens with one attached hydrogen (secondary N) is 1. The SMILES string of the molecule is COc1cc(=O)n(-c2ccc(F)cc2)nc1C(=O)Nc1cc(Cl)ccc1O. The molecule has 0 saturated heterocycles. The van der Waals surface area contributed by atoms with Crippen LogP contribution in [0.5, 0.6) is 11.5 Å². The molecule has 1 heterocycles. The molecule has 0 bridgehead atoms. The summed E-state index contributed by atoms with van der Waals surface area (Å²) in [6, 6.07) is 10.2. The third kappa shape index (κ3) is 3.90. The van der Waals surface area contributed by atoms with E-state index in [0.29, 0.717) is 5.02 Å². The van der Waals surface area contributed by atoms with Crippen LogP contribution in [0, 0.1) is 5.82 Å². The second-order valence-electron chi connectivity index (χ2n) is 5.40. The topological polar surface area (TPSA) is 93.5 Å². The van der Waals surface area contributed by atoms with Gasteiger partial charge in [-0.3, -0.25) is 9.59 Å². The largest absolute Gasteiger partial charge is 0.506 e. The number of benzene rings is 2. The van der Waals surface area contributed by atoms with Crippen LogP contribution in [0.3, 0.4) is 0 Å². The average molecular weight is 390 g/mol. The second kappa shape index (κ2) is 7.46. The molecule has 0 aliphatic rings. The summed E-state index contributed by atoms with van der Waals surface area (Å²) in [5, 5.41) is 16.6. The number of phenolic OH excluding ortho intramolecular Hbond substituents is 1. The van der Waals surface area contributed by atoms with E-state index in [0.717, 1.165) is 22.9 Å². The van der Waals surface area contributed by atoms with Crippen LogP contribution >= 0.6 is 11.6 Å². The summed E-state index contributed by atoms with van der Waals surface area (Å²) in [6.07, 6.45) is 0. The van der Waals surface area contributed by atoms with Crippen molar-refractivity contribution in [1.82, 2.24) is 9.78 Å². The number of hydrogen-bond acceptors (Lipinski definition) is 5. The molecule has 0 unspecified atom stereocenters. The van der Waals surface area contributed by atoms with Gasteiger partial charge >= 0.3 is 0 Å². The van der Waals surface area contributed by atoms with Crippen molar-refractivity contribution in [3.05, 3.63) is 75.4 Å². The van der Waals surface area contributed by atoms with Crippen molar-refractivity contribution in [3.8, 4) is 17.2 Å². The Labute approximate surface area is 157 Å². The van der Waals surface area contributed by atoms with E-state index in [2.05, 4.69) is 10.4 Å². The number of aromatic nitrogens is 2. The van der Waals surface area contributed by atoms with Crippen molar-refractivity contribution in [2.24, 2.45) is 0 Å². The molecule has 1 amide bonds. The zero-order valence-corrected chi connectivity index (χ0v) is 14.7. The highest BCUT2D eigenvalue weighted by Crippen LogP contribution is 2.27. The molecule has 27 heavy (non-hydrogen) atoms. The lowest BCUT2D eigenvalue weighted by molar-refractivity contribution is 0.101. The molecule has 1 aromatic heterocycles. The van der Waals surface area contributed by atoms with Crippen molar-refractivity contribution >= 4 is 23.2 Å². The molecule has 0 atom stereocenters. The number of rotatable bonds is 4. The number of carbonyl (C=O) groups excluding carboxylic acids is 1. The summed E-state index contributed by atoms with van der Waals surface area (Å²) >= 11 is 5.86. The molecular formula is C18H13ClFN3O4. The van der Waals surface area contributed by atoms with Crippen molar-refractivity contribution < 1.29 is 19.0 Å². The summed E-state index contributed by atoms with van der Waals surface area (Å²) in [4.78, 5) is 24.9. The minimum atomic E-state index is -0.736. The standard InChI is InChI=1S/C18H13ClFN3O4/c1-27-15-9-16(25)23(12-5-3-11(20)4-6-12)22-17(15)18(26)21-13-8-10(19)2-7-14(13)24/h2-9,24H,1H3,(H,21,26). The number of halogens is 2. The van der Waals surface area contributed by atoms with Crippen LogP contribution in [0.25, 0.3) is 5.69 Å². The number of amides is 1. The van der Waals surface area contributed by atoms with Gasteiger partial charge < -0.3 is 15.2 Å². The fourth-order valence-corrected chi connectivity index (χ4v) is 2.48. The number of ether oxygens (including phenoxy) is 1. The molecule has 3 rings (SSSR count). The Morgan fingerprint density at radius 1 is 1.22 bits per heavy atom. The number of hydrogen-bond donors (Lipinski definition) is 2. The Bertz CT molecular complexity index is 1070. The highest BCUT2D eigenvalue weighted by Gasteiger charge is 2.19. The molecule has 7 nitrogen and oxygen atoms in total. The van der Waals surface area contributed by atoms with Crippen LogP contribution in [0.4, 0.5) is 10.1 Å². The first kappa shape index (κ1) is 18.4. The summed E-state index contributed by atoms with van der Waals surface area (Å²) < 4.78 is 19.1. The maximum absolute atomic E-state index is 13.1. The summed E-state index contributed by atoms with van der Waals surface area (Å²) in [7, 11) is 1.28. The average Bonchev–Trinajstić information content (AvgIpc) is 2.65. The molecule has 3 aromatic rings. The smallest absolute Gasteiger partial charge is 0.280 e. The van der Waals surface area contributed by atoms with Gasteiger partial charge in [-0.2, -0.15) is 9.78 Å². The van der Waals surface area contributed by atoms with Gasteiger partial charge in [0.05, 0.1) is 24.6 Å². The molecule has 0 saturated carbocycles. The van der Waals surface area contributed by atoms with E-state index in [1.807, 2.05) is 0 Å². The summed E-state index contributed by atoms with van der Waals surface area (Å²) in [6.45, 7) is 0. The predicted octanol–water partition coefficient (Wildman–Crippen LogP) is 2.99. The first-order valence-electron chi connectivity index (χ1n) is 7.63. The number of carbonyl (C=O) groups is 1. The number of nitrogens with zero attached hydrogens (tertiary/aromatic N) is 2. The Morgan fingerprint density at radius 2 is 1.93 bits per heavy atom. The van der Waals surface area contributed by atoms with Gasteiger partial charge in [-0.05, 0) is 42.5 Å². The fourth-order valence-electron chi connectivity index (χ4n) is 2.31. The number of phenols is 1. The Kier molecular flexibility index (Phi) is 5.09. The summed E-state index contributed by atoms with van der Waals surface area (Å²) in [5.74, 6) is -1.47. The second-order valence-corrected chi connectivity index (χ2v) is 5.84. The summed E-state index contributed by atoms with van der Waals surface area (Å²) in [5.41, 5.74) is -0.444. The lowest BCUT2D eigenvalue weighted by atomic mass is 10.2. The minimum absolute atomic E-state index is 0.0580. The number of aromatic hydroxyl groups is 1. The lowest BCUT2D eigenvalue weighted by Gasteiger charge is -2.12. The molecule has 138 valence electrons. The van der Waals surface area contributed by atoms with Crippen LogP contribution in [0.1, 0.15) is 10.5 Å². The van der Waals surface area contributed by atoms with Crippen LogP contribution < -0.4 is 15.6 Å². The van der Waals surface area contributed by atoms with Gasteiger partial charge in [-0.15, -0.1) is 0 Å². The third-order valence-electron chi connectivity index (χ3n) is 3.61. The minimum Gasteiger partial charge on any atom is -0.506 e. The van der Waals surface area contributed by atoms with E-state index in [1.165, 1.54) is 37.4 Å². The molecule has 0 aliphatic heterocycles. The molecule has 2 aromatic carbocycles. The first-order chi connectivity index (χ1) is 12.9. The normalized spacial score (nSPS) is 10.5. The van der Waals surface area contributed by atoms with E-state index in [-0.39, 0.29) is 28.6 Å². The van der Waals surface area contributed by atoms with Gasteiger partial charge in [0.1, 0.15) is 11.6 Å². The van der Waals surface area contributed by atoms with Gasteiger partial charge in [0, 0.05) is 5.02 Å². The van der Waals surface area contributed by atoms with Gasteiger partial charge in [-0.25, -0.2) is 4.39 Å². The lowest BCUT2D eigenvalue weighted by Crippen LogP contribution is -2.26. The fraction of sp³-hybridized carbons (Fsp3) is 0.0556. The highest BCUT2D eigenvalue weighted by atomic mass is 35.5. The highest BCUT2D eigenvalue weighted by molar-refractivity contribution is 6.31. The Hall–Kier alpha value is -3.39.